The van der Waals surface area contributed by atoms with Crippen molar-refractivity contribution in [3.05, 3.63) is 12.2 Å². The van der Waals surface area contributed by atoms with E-state index >= 15 is 0 Å². The van der Waals surface area contributed by atoms with Crippen molar-refractivity contribution in [2.24, 2.45) is 41.4 Å². The van der Waals surface area contributed by atoms with Gasteiger partial charge in [0.1, 0.15) is 0 Å². The van der Waals surface area contributed by atoms with Gasteiger partial charge in [-0.3, -0.25) is 9.59 Å². The van der Waals surface area contributed by atoms with Crippen molar-refractivity contribution in [2.45, 2.75) is 9.17 Å². The molecule has 0 saturated heterocycles. The SMILES string of the molecule is COC(=O)[C@H]1[C@H]2C=C[C@@H]([C@@H]1C(=O)OC)[C@@H]1[C@@H]2[C@@H](Cl)[C@H]1C(Cl)(Cl)Cl. The molecule has 4 rings (SSSR count). The molecule has 0 aromatic carbocycles. The van der Waals surface area contributed by atoms with Crippen molar-refractivity contribution in [3.8, 4) is 0 Å². The quantitative estimate of drug-likeness (QED) is 0.405. The molecule has 2 bridgehead atoms. The lowest BCUT2D eigenvalue weighted by Gasteiger charge is -2.64. The van der Waals surface area contributed by atoms with E-state index < -0.39 is 27.6 Å². The molecule has 4 aliphatic rings. The molecule has 0 aromatic heterocycles. The van der Waals surface area contributed by atoms with Crippen LogP contribution in [0.2, 0.25) is 0 Å². The maximum atomic E-state index is 12.3. The second kappa shape index (κ2) is 5.98. The normalized spacial score (nSPS) is 44.3. The molecule has 0 N–H and O–H groups in total. The standard InChI is InChI=1S/C15H16Cl4O4/c1-22-13(20)9-5-3-4-6(10(9)14(21)23-2)8-7(5)11(12(8)16)15(17,18)19/h3-12H,1-2H3/t5-,6+,7-,8-,9+,10+,11+,12-/m1/s1. The molecule has 0 heterocycles. The molecule has 2 saturated carbocycles. The largest absolute Gasteiger partial charge is 0.469 e. The van der Waals surface area contributed by atoms with Crippen molar-refractivity contribution >= 4 is 58.3 Å². The number of carbonyl (C=O) groups is 2. The first kappa shape index (κ1) is 17.7. The lowest BCUT2D eigenvalue weighted by atomic mass is 9.43. The van der Waals surface area contributed by atoms with Crippen LogP contribution >= 0.6 is 46.4 Å². The van der Waals surface area contributed by atoms with Crippen LogP contribution < -0.4 is 0 Å². The van der Waals surface area contributed by atoms with Gasteiger partial charge in [-0.25, -0.2) is 0 Å². The third kappa shape index (κ3) is 2.48. The van der Waals surface area contributed by atoms with E-state index in [1.165, 1.54) is 14.2 Å². The van der Waals surface area contributed by atoms with Crippen molar-refractivity contribution in [2.75, 3.05) is 14.2 Å². The molecule has 0 unspecified atom stereocenters. The highest BCUT2D eigenvalue weighted by Gasteiger charge is 2.69. The Morgan fingerprint density at radius 2 is 1.35 bits per heavy atom. The summed E-state index contributed by atoms with van der Waals surface area (Å²) < 4.78 is 8.30. The summed E-state index contributed by atoms with van der Waals surface area (Å²) in [4.78, 5) is 24.6. The number of hydrogen-bond acceptors (Lipinski definition) is 4. The molecule has 8 heteroatoms. The average Bonchev–Trinajstić information content (AvgIpc) is 2.49. The van der Waals surface area contributed by atoms with Crippen LogP contribution in [0, 0.1) is 41.4 Å². The molecular formula is C15H16Cl4O4. The minimum atomic E-state index is -1.51. The van der Waals surface area contributed by atoms with Crippen molar-refractivity contribution in [3.63, 3.8) is 0 Å². The number of methoxy groups -OCH3 is 2. The predicted molar refractivity (Wildman–Crippen MR) is 87.5 cm³/mol. The number of hydrogen-bond donors (Lipinski definition) is 0. The number of allylic oxidation sites excluding steroid dienone is 2. The molecule has 8 atom stereocenters. The zero-order valence-electron chi connectivity index (χ0n) is 12.4. The molecule has 23 heavy (non-hydrogen) atoms. The highest BCUT2D eigenvalue weighted by atomic mass is 35.6. The Hall–Kier alpha value is -0.160. The summed E-state index contributed by atoms with van der Waals surface area (Å²) in [6, 6.07) is 0. The van der Waals surface area contributed by atoms with E-state index in [1.54, 1.807) is 0 Å². The second-order valence-electron chi connectivity index (χ2n) is 6.30. The second-order valence-corrected chi connectivity index (χ2v) is 9.18. The van der Waals surface area contributed by atoms with Gasteiger partial charge in [0, 0.05) is 11.3 Å². The Balaban J connectivity index is 2.01. The number of fused-ring (bicyclic) bond motifs is 1. The highest BCUT2D eigenvalue weighted by Crippen LogP contribution is 2.67. The Labute approximate surface area is 154 Å². The Kier molecular flexibility index (Phi) is 4.59. The number of carbonyl (C=O) groups excluding carboxylic acids is 2. The Morgan fingerprint density at radius 3 is 1.74 bits per heavy atom. The zero-order valence-corrected chi connectivity index (χ0v) is 15.4. The van der Waals surface area contributed by atoms with Crippen LogP contribution in [0.15, 0.2) is 12.2 Å². The third-order valence-electron chi connectivity index (χ3n) is 5.56. The number of ether oxygens (including phenoxy) is 2. The maximum absolute atomic E-state index is 12.3. The molecule has 0 aliphatic heterocycles. The van der Waals surface area contributed by atoms with Crippen molar-refractivity contribution in [1.82, 2.24) is 0 Å². The van der Waals surface area contributed by atoms with E-state index in [0.717, 1.165) is 0 Å². The molecule has 0 aromatic rings. The summed E-state index contributed by atoms with van der Waals surface area (Å²) in [5.74, 6) is -3.04. The lowest BCUT2D eigenvalue weighted by molar-refractivity contribution is -0.178. The van der Waals surface area contributed by atoms with Crippen molar-refractivity contribution in [1.29, 1.82) is 0 Å². The summed E-state index contributed by atoms with van der Waals surface area (Å²) in [5, 5.41) is -0.365. The van der Waals surface area contributed by atoms with Gasteiger partial charge in [0.05, 0.1) is 26.1 Å². The van der Waals surface area contributed by atoms with Gasteiger partial charge in [0.2, 0.25) is 0 Å². The third-order valence-corrected chi connectivity index (χ3v) is 6.87. The zero-order chi connectivity index (χ0) is 17.1. The monoisotopic (exact) mass is 400 g/mol. The van der Waals surface area contributed by atoms with Gasteiger partial charge < -0.3 is 9.47 Å². The predicted octanol–water partition coefficient (Wildman–Crippen LogP) is 3.22. The van der Waals surface area contributed by atoms with Gasteiger partial charge in [-0.05, 0) is 23.7 Å². The average molecular weight is 402 g/mol. The van der Waals surface area contributed by atoms with Crippen LogP contribution in [-0.2, 0) is 19.1 Å². The van der Waals surface area contributed by atoms with Gasteiger partial charge in [0.25, 0.3) is 0 Å². The maximum Gasteiger partial charge on any atom is 0.310 e. The van der Waals surface area contributed by atoms with E-state index in [2.05, 4.69) is 0 Å². The first-order valence-corrected chi connectivity index (χ1v) is 8.85. The van der Waals surface area contributed by atoms with E-state index in [9.17, 15) is 9.59 Å². The van der Waals surface area contributed by atoms with Crippen LogP contribution in [0.25, 0.3) is 0 Å². The highest BCUT2D eigenvalue weighted by molar-refractivity contribution is 6.68. The van der Waals surface area contributed by atoms with E-state index in [0.29, 0.717) is 0 Å². The molecule has 0 radical (unpaired) electrons. The van der Waals surface area contributed by atoms with Crippen molar-refractivity contribution < 1.29 is 19.1 Å². The number of esters is 2. The van der Waals surface area contributed by atoms with E-state index in [4.69, 9.17) is 55.9 Å². The van der Waals surface area contributed by atoms with Crippen LogP contribution in [0.1, 0.15) is 0 Å². The summed E-state index contributed by atoms with van der Waals surface area (Å²) >= 11 is 24.8. The summed E-state index contributed by atoms with van der Waals surface area (Å²) in [5.41, 5.74) is 0. The van der Waals surface area contributed by atoms with Gasteiger partial charge in [0.15, 0.2) is 3.79 Å². The van der Waals surface area contributed by atoms with Gasteiger partial charge in [-0.2, -0.15) is 0 Å². The first-order chi connectivity index (χ1) is 10.7. The van der Waals surface area contributed by atoms with Gasteiger partial charge >= 0.3 is 11.9 Å². The fourth-order valence-corrected chi connectivity index (χ4v) is 6.44. The molecule has 2 fully saturated rings. The summed E-state index contributed by atoms with van der Waals surface area (Å²) in [6.07, 6.45) is 3.87. The smallest absolute Gasteiger partial charge is 0.310 e. The minimum Gasteiger partial charge on any atom is -0.469 e. The molecule has 0 spiro atoms. The van der Waals surface area contributed by atoms with Crippen LogP contribution in [0.3, 0.4) is 0 Å². The van der Waals surface area contributed by atoms with Crippen LogP contribution in [0.5, 0.6) is 0 Å². The lowest BCUT2D eigenvalue weighted by Crippen LogP contribution is -2.67. The van der Waals surface area contributed by atoms with Crippen LogP contribution in [0.4, 0.5) is 0 Å². The van der Waals surface area contributed by atoms with Gasteiger partial charge in [-0.1, -0.05) is 47.0 Å². The summed E-state index contributed by atoms with van der Waals surface area (Å²) in [6.45, 7) is 0. The minimum absolute atomic E-state index is 0.0164. The number of halogens is 4. The Bertz CT molecular complexity index is 558. The molecule has 0 amide bonds. The molecule has 128 valence electrons. The molecule has 4 nitrogen and oxygen atoms in total. The molecular weight excluding hydrogens is 386 g/mol. The van der Waals surface area contributed by atoms with Crippen LogP contribution in [-0.4, -0.2) is 35.3 Å². The first-order valence-electron chi connectivity index (χ1n) is 7.28. The fraction of sp³-hybridized carbons (Fsp3) is 0.733. The fourth-order valence-electron chi connectivity index (χ4n) is 4.71. The van der Waals surface area contributed by atoms with E-state index in [1.807, 2.05) is 12.2 Å². The molecule has 4 aliphatic carbocycles. The van der Waals surface area contributed by atoms with E-state index in [-0.39, 0.29) is 35.0 Å². The van der Waals surface area contributed by atoms with Gasteiger partial charge in [-0.15, -0.1) is 11.6 Å². The summed E-state index contributed by atoms with van der Waals surface area (Å²) in [7, 11) is 2.61. The Morgan fingerprint density at radius 1 is 0.913 bits per heavy atom. The number of rotatable bonds is 2. The topological polar surface area (TPSA) is 52.6 Å². The number of alkyl halides is 4.